The first-order valence-corrected chi connectivity index (χ1v) is 11.3. The number of esters is 3. The minimum atomic E-state index is -0.531. The van der Waals surface area contributed by atoms with Gasteiger partial charge in [-0.05, 0) is 81.4 Å². The number of nitrogens with zero attached hydrogens (tertiary/aromatic N) is 1. The van der Waals surface area contributed by atoms with E-state index in [1.807, 2.05) is 11.0 Å². The molecule has 0 aliphatic carbocycles. The highest BCUT2D eigenvalue weighted by Crippen LogP contribution is 2.37. The molecule has 37 heavy (non-hydrogen) atoms. The van der Waals surface area contributed by atoms with Gasteiger partial charge in [0.15, 0.2) is 0 Å². The molecule has 0 N–H and O–H groups in total. The van der Waals surface area contributed by atoms with E-state index in [-0.39, 0.29) is 5.57 Å². The molecule has 0 spiro atoms. The smallest absolute Gasteiger partial charge is 0.338 e. The zero-order valence-corrected chi connectivity index (χ0v) is 20.9. The Bertz CT molecular complexity index is 1300. The molecule has 0 amide bonds. The van der Waals surface area contributed by atoms with Crippen LogP contribution in [0.5, 0.6) is 17.2 Å². The zero-order valence-electron chi connectivity index (χ0n) is 20.9. The fraction of sp³-hybridized carbons (Fsp3) is 0.100. The summed E-state index contributed by atoms with van der Waals surface area (Å²) < 4.78 is 16.0. The third kappa shape index (κ3) is 7.05. The monoisotopic (exact) mass is 497 g/mol. The van der Waals surface area contributed by atoms with Crippen molar-refractivity contribution >= 4 is 35.0 Å². The van der Waals surface area contributed by atoms with E-state index in [1.54, 1.807) is 87.5 Å². The van der Waals surface area contributed by atoms with Gasteiger partial charge in [0.25, 0.3) is 0 Å². The number of carbonyl (C=O) groups excluding carboxylic acids is 3. The van der Waals surface area contributed by atoms with Gasteiger partial charge in [-0.15, -0.1) is 0 Å². The molecule has 0 saturated heterocycles. The molecule has 0 unspecified atom stereocenters. The largest absolute Gasteiger partial charge is 0.423 e. The molecule has 3 rings (SSSR count). The highest BCUT2D eigenvalue weighted by atomic mass is 16.5. The molecule has 7 nitrogen and oxygen atoms in total. The Kier molecular flexibility index (Phi) is 8.43. The van der Waals surface area contributed by atoms with Crippen LogP contribution in [0, 0.1) is 0 Å². The van der Waals surface area contributed by atoms with Gasteiger partial charge < -0.3 is 19.1 Å². The average molecular weight is 498 g/mol. The standard InChI is InChI=1S/C30H27NO6/c1-19(2)28(32)35-25-14-10-22(11-15-25)31(23-12-16-26(17-13-23)36-29(33)20(3)4)24-8-7-9-27(18-24)37-30(34)21(5)6/h7-18H,1,3,5H2,2,4,6H3. The van der Waals surface area contributed by atoms with E-state index in [0.29, 0.717) is 34.1 Å². The lowest BCUT2D eigenvalue weighted by molar-refractivity contribution is -0.130. The molecule has 0 saturated carbocycles. The molecular formula is C30H27NO6. The fourth-order valence-corrected chi connectivity index (χ4v) is 3.04. The summed E-state index contributed by atoms with van der Waals surface area (Å²) in [6.07, 6.45) is 0. The molecule has 0 fully saturated rings. The van der Waals surface area contributed by atoms with Crippen molar-refractivity contribution in [3.8, 4) is 17.2 Å². The van der Waals surface area contributed by atoms with Gasteiger partial charge >= 0.3 is 17.9 Å². The maximum absolute atomic E-state index is 12.0. The molecule has 0 atom stereocenters. The molecule has 0 bridgehead atoms. The topological polar surface area (TPSA) is 82.1 Å². The summed E-state index contributed by atoms with van der Waals surface area (Å²) in [6.45, 7) is 15.5. The molecular weight excluding hydrogens is 470 g/mol. The van der Waals surface area contributed by atoms with Crippen LogP contribution < -0.4 is 19.1 Å². The molecule has 188 valence electrons. The van der Waals surface area contributed by atoms with Gasteiger partial charge in [-0.25, -0.2) is 14.4 Å². The maximum atomic E-state index is 12.0. The predicted molar refractivity (Wildman–Crippen MR) is 142 cm³/mol. The van der Waals surface area contributed by atoms with Crippen molar-refractivity contribution in [2.75, 3.05) is 4.90 Å². The van der Waals surface area contributed by atoms with E-state index < -0.39 is 17.9 Å². The normalized spacial score (nSPS) is 10.1. The molecule has 0 aliphatic rings. The molecule has 0 aliphatic heterocycles. The van der Waals surface area contributed by atoms with E-state index in [9.17, 15) is 14.4 Å². The Hall–Kier alpha value is -4.91. The molecule has 0 aromatic heterocycles. The number of hydrogen-bond acceptors (Lipinski definition) is 7. The first-order valence-electron chi connectivity index (χ1n) is 11.3. The summed E-state index contributed by atoms with van der Waals surface area (Å²) in [5.41, 5.74) is 3.00. The highest BCUT2D eigenvalue weighted by molar-refractivity contribution is 5.90. The van der Waals surface area contributed by atoms with Crippen LogP contribution in [0.15, 0.2) is 109 Å². The molecule has 7 heteroatoms. The van der Waals surface area contributed by atoms with Crippen LogP contribution in [0.25, 0.3) is 0 Å². The van der Waals surface area contributed by atoms with Crippen molar-refractivity contribution in [3.63, 3.8) is 0 Å². The summed E-state index contributed by atoms with van der Waals surface area (Å²) >= 11 is 0. The lowest BCUT2D eigenvalue weighted by atomic mass is 10.1. The van der Waals surface area contributed by atoms with Gasteiger partial charge in [-0.1, -0.05) is 25.8 Å². The van der Waals surface area contributed by atoms with Crippen molar-refractivity contribution in [2.45, 2.75) is 20.8 Å². The van der Waals surface area contributed by atoms with Crippen LogP contribution >= 0.6 is 0 Å². The lowest BCUT2D eigenvalue weighted by Gasteiger charge is -2.26. The van der Waals surface area contributed by atoms with Gasteiger partial charge in [-0.2, -0.15) is 0 Å². The second-order valence-electron chi connectivity index (χ2n) is 8.33. The summed E-state index contributed by atoms with van der Waals surface area (Å²) in [7, 11) is 0. The summed E-state index contributed by atoms with van der Waals surface area (Å²) in [5, 5.41) is 0. The Morgan fingerprint density at radius 3 is 1.30 bits per heavy atom. The number of anilines is 3. The van der Waals surface area contributed by atoms with Crippen molar-refractivity contribution in [1.82, 2.24) is 0 Å². The average Bonchev–Trinajstić information content (AvgIpc) is 2.86. The van der Waals surface area contributed by atoms with Gasteiger partial charge in [0.2, 0.25) is 0 Å². The Labute approximate surface area is 215 Å². The summed E-state index contributed by atoms with van der Waals surface area (Å²) in [4.78, 5) is 37.7. The number of carbonyl (C=O) groups is 3. The third-order valence-electron chi connectivity index (χ3n) is 4.94. The van der Waals surface area contributed by atoms with E-state index >= 15 is 0 Å². The van der Waals surface area contributed by atoms with E-state index in [1.165, 1.54) is 0 Å². The SMILES string of the molecule is C=C(C)C(=O)Oc1ccc(N(c2ccc(OC(=O)C(=C)C)cc2)c2cccc(OC(=O)C(=C)C)c2)cc1. The van der Waals surface area contributed by atoms with E-state index in [4.69, 9.17) is 14.2 Å². The summed E-state index contributed by atoms with van der Waals surface area (Å²) in [6, 6.07) is 20.8. The van der Waals surface area contributed by atoms with E-state index in [2.05, 4.69) is 19.7 Å². The molecule has 0 radical (unpaired) electrons. The number of rotatable bonds is 9. The minimum Gasteiger partial charge on any atom is -0.423 e. The van der Waals surface area contributed by atoms with Crippen LogP contribution in [-0.2, 0) is 14.4 Å². The Morgan fingerprint density at radius 2 is 0.919 bits per heavy atom. The highest BCUT2D eigenvalue weighted by Gasteiger charge is 2.16. The minimum absolute atomic E-state index is 0.280. The van der Waals surface area contributed by atoms with Gasteiger partial charge in [0, 0.05) is 39.8 Å². The number of hydrogen-bond donors (Lipinski definition) is 0. The third-order valence-corrected chi connectivity index (χ3v) is 4.94. The second kappa shape index (κ2) is 11.7. The van der Waals surface area contributed by atoms with Crippen LogP contribution in [-0.4, -0.2) is 17.9 Å². The van der Waals surface area contributed by atoms with Crippen molar-refractivity contribution in [2.24, 2.45) is 0 Å². The van der Waals surface area contributed by atoms with Crippen molar-refractivity contribution in [1.29, 1.82) is 0 Å². The maximum Gasteiger partial charge on any atom is 0.338 e. The number of benzene rings is 3. The second-order valence-corrected chi connectivity index (χ2v) is 8.33. The molecule has 3 aromatic rings. The first-order chi connectivity index (χ1) is 17.5. The first kappa shape index (κ1) is 26.7. The van der Waals surface area contributed by atoms with Gasteiger partial charge in [-0.3, -0.25) is 0 Å². The Morgan fingerprint density at radius 1 is 0.541 bits per heavy atom. The Balaban J connectivity index is 2.00. The van der Waals surface area contributed by atoms with Gasteiger partial charge in [0.05, 0.1) is 0 Å². The molecule has 0 heterocycles. The van der Waals surface area contributed by atoms with Crippen LogP contribution in [0.3, 0.4) is 0 Å². The lowest BCUT2D eigenvalue weighted by Crippen LogP contribution is -2.12. The zero-order chi connectivity index (χ0) is 27.1. The predicted octanol–water partition coefficient (Wildman–Crippen LogP) is 6.60. The fourth-order valence-electron chi connectivity index (χ4n) is 3.04. The van der Waals surface area contributed by atoms with Crippen molar-refractivity contribution < 1.29 is 28.6 Å². The van der Waals surface area contributed by atoms with Crippen molar-refractivity contribution in [3.05, 3.63) is 109 Å². The van der Waals surface area contributed by atoms with E-state index in [0.717, 1.165) is 11.4 Å². The van der Waals surface area contributed by atoms with Crippen LogP contribution in [0.2, 0.25) is 0 Å². The molecule has 3 aromatic carbocycles. The van der Waals surface area contributed by atoms with Gasteiger partial charge in [0.1, 0.15) is 17.2 Å². The van der Waals surface area contributed by atoms with Crippen LogP contribution in [0.1, 0.15) is 20.8 Å². The summed E-state index contributed by atoms with van der Waals surface area (Å²) in [5.74, 6) is -0.496. The quantitative estimate of drug-likeness (QED) is 0.187. The van der Waals surface area contributed by atoms with Crippen LogP contribution in [0.4, 0.5) is 17.1 Å². The number of ether oxygens (including phenoxy) is 3.